The van der Waals surface area contributed by atoms with Crippen molar-refractivity contribution in [2.45, 2.75) is 0 Å². The largest absolute Gasteiger partial charge is 1.00 e. The van der Waals surface area contributed by atoms with Gasteiger partial charge in [0.05, 0.1) is 0 Å². The number of halogens is 1. The molecule has 0 aliphatic carbocycles. The summed E-state index contributed by atoms with van der Waals surface area (Å²) in [6.45, 7) is 0. The van der Waals surface area contributed by atoms with Gasteiger partial charge in [0.15, 0.2) is 5.75 Å². The molecule has 0 aliphatic rings. The first-order chi connectivity index (χ1) is 5.08. The van der Waals surface area contributed by atoms with Crippen molar-refractivity contribution in [2.75, 3.05) is 21.1 Å². The van der Waals surface area contributed by atoms with Crippen molar-refractivity contribution in [3.63, 3.8) is 0 Å². The maximum atomic E-state index is 5.54. The molecule has 0 aromatic heterocycles. The second-order valence-electron chi connectivity index (χ2n) is 3.29. The summed E-state index contributed by atoms with van der Waals surface area (Å²) in [6.07, 6.45) is 0. The Morgan fingerprint density at radius 2 is 1.50 bits per heavy atom. The van der Waals surface area contributed by atoms with E-state index < -0.39 is 0 Å². The molecule has 2 nitrogen and oxygen atoms in total. The van der Waals surface area contributed by atoms with Crippen molar-refractivity contribution in [2.24, 2.45) is 0 Å². The summed E-state index contributed by atoms with van der Waals surface area (Å²) in [5, 5.41) is 0. The maximum absolute atomic E-state index is 5.54. The van der Waals surface area contributed by atoms with Gasteiger partial charge < -0.3 is 17.2 Å². The van der Waals surface area contributed by atoms with E-state index in [0.717, 1.165) is 5.75 Å². The molecule has 0 radical (unpaired) electrons. The number of hydrogen-bond donors (Lipinski definition) is 0. The minimum absolute atomic E-state index is 0. The van der Waals surface area contributed by atoms with Gasteiger partial charge in [0, 0.05) is 0 Å². The quantitative estimate of drug-likeness (QED) is 0.413. The maximum Gasteiger partial charge on any atom is 0.190 e. The molecule has 0 saturated heterocycles. The van der Waals surface area contributed by atoms with Gasteiger partial charge >= 0.3 is 0 Å². The van der Waals surface area contributed by atoms with Gasteiger partial charge in [-0.2, -0.15) is 0 Å². The molecule has 0 amide bonds. The first-order valence-electron chi connectivity index (χ1n) is 3.64. The molecular formula is C9H14ClNO. The molecule has 0 aliphatic heterocycles. The Bertz CT molecular complexity index is 218. The average Bonchev–Trinajstić information content (AvgIpc) is 1.85. The second-order valence-corrected chi connectivity index (χ2v) is 3.29. The van der Waals surface area contributed by atoms with Gasteiger partial charge in [-0.1, -0.05) is 18.2 Å². The van der Waals surface area contributed by atoms with E-state index in [9.17, 15) is 0 Å². The van der Waals surface area contributed by atoms with Gasteiger partial charge in [-0.25, -0.2) is 0 Å². The normalized spacial score (nSPS) is 10.2. The van der Waals surface area contributed by atoms with Gasteiger partial charge in [0.25, 0.3) is 0 Å². The number of nitrogens with zero attached hydrogens (tertiary/aromatic N) is 1. The van der Waals surface area contributed by atoms with Gasteiger partial charge in [0.2, 0.25) is 0 Å². The first-order valence-corrected chi connectivity index (χ1v) is 3.64. The lowest BCUT2D eigenvalue weighted by Crippen LogP contribution is -3.00. The number of hydrogen-bond acceptors (Lipinski definition) is 1. The Balaban J connectivity index is 0.00000121. The Morgan fingerprint density at radius 3 is 1.92 bits per heavy atom. The van der Waals surface area contributed by atoms with E-state index in [2.05, 4.69) is 0 Å². The zero-order valence-corrected chi connectivity index (χ0v) is 8.38. The second kappa shape index (κ2) is 4.33. The highest BCUT2D eigenvalue weighted by Crippen LogP contribution is 2.11. The number of rotatable bonds is 2. The zero-order chi connectivity index (χ0) is 8.32. The third-order valence-corrected chi connectivity index (χ3v) is 1.12. The van der Waals surface area contributed by atoms with E-state index in [1.807, 2.05) is 51.5 Å². The Labute approximate surface area is 79.7 Å². The Kier molecular flexibility index (Phi) is 4.07. The third kappa shape index (κ3) is 4.21. The van der Waals surface area contributed by atoms with Crippen molar-refractivity contribution >= 4 is 0 Å². The molecule has 1 aromatic carbocycles. The summed E-state index contributed by atoms with van der Waals surface area (Å²) in [5.41, 5.74) is 0. The monoisotopic (exact) mass is 187 g/mol. The fourth-order valence-corrected chi connectivity index (χ4v) is 0.798. The van der Waals surface area contributed by atoms with Crippen molar-refractivity contribution in [1.29, 1.82) is 0 Å². The SMILES string of the molecule is C[N+](C)(C)Oc1ccccc1.[Cl-]. The van der Waals surface area contributed by atoms with Crippen molar-refractivity contribution in [1.82, 2.24) is 0 Å². The lowest BCUT2D eigenvalue weighted by atomic mass is 10.3. The van der Waals surface area contributed by atoms with E-state index in [-0.39, 0.29) is 12.4 Å². The topological polar surface area (TPSA) is 9.23 Å². The fraction of sp³-hybridized carbons (Fsp3) is 0.333. The van der Waals surface area contributed by atoms with Crippen LogP contribution in [0.4, 0.5) is 0 Å². The van der Waals surface area contributed by atoms with Crippen LogP contribution >= 0.6 is 0 Å². The van der Waals surface area contributed by atoms with Crippen LogP contribution in [0.5, 0.6) is 5.75 Å². The van der Waals surface area contributed by atoms with Crippen LogP contribution in [0.1, 0.15) is 0 Å². The highest BCUT2D eigenvalue weighted by Gasteiger charge is 2.08. The van der Waals surface area contributed by atoms with Gasteiger partial charge in [-0.05, 0) is 12.1 Å². The number of para-hydroxylation sites is 1. The predicted octanol–water partition coefficient (Wildman–Crippen LogP) is -1.31. The summed E-state index contributed by atoms with van der Waals surface area (Å²) in [4.78, 5) is 5.54. The van der Waals surface area contributed by atoms with Crippen LogP contribution in [0.3, 0.4) is 0 Å². The minimum atomic E-state index is 0. The molecule has 0 unspecified atom stereocenters. The van der Waals surface area contributed by atoms with E-state index >= 15 is 0 Å². The molecule has 0 N–H and O–H groups in total. The number of quaternary nitrogens is 1. The van der Waals surface area contributed by atoms with E-state index in [0.29, 0.717) is 4.65 Å². The van der Waals surface area contributed by atoms with Crippen molar-refractivity contribution in [3.05, 3.63) is 30.3 Å². The molecule has 3 heteroatoms. The molecule has 0 heterocycles. The van der Waals surface area contributed by atoms with Crippen LogP contribution in [0.15, 0.2) is 30.3 Å². The lowest BCUT2D eigenvalue weighted by Gasteiger charge is -2.21. The van der Waals surface area contributed by atoms with Crippen LogP contribution in [0.2, 0.25) is 0 Å². The molecule has 68 valence electrons. The summed E-state index contributed by atoms with van der Waals surface area (Å²) < 4.78 is 0.490. The number of hydroxylamine groups is 3. The molecule has 0 bridgehead atoms. The van der Waals surface area contributed by atoms with Gasteiger partial charge in [-0.3, -0.25) is 0 Å². The minimum Gasteiger partial charge on any atom is -1.00 e. The average molecular weight is 188 g/mol. The van der Waals surface area contributed by atoms with Crippen LogP contribution in [-0.2, 0) is 0 Å². The van der Waals surface area contributed by atoms with Crippen LogP contribution in [0.25, 0.3) is 0 Å². The highest BCUT2D eigenvalue weighted by molar-refractivity contribution is 5.20. The van der Waals surface area contributed by atoms with Gasteiger partial charge in [0.1, 0.15) is 21.1 Å². The Morgan fingerprint density at radius 1 is 1.00 bits per heavy atom. The molecule has 1 aromatic rings. The molecule has 1 rings (SSSR count). The molecule has 0 atom stereocenters. The molecule has 0 spiro atoms. The molecule has 0 fully saturated rings. The standard InChI is InChI=1S/C9H14NO.ClH/c1-10(2,3)11-9-7-5-4-6-8-9;/h4-8H,1-3H3;1H/q+1;/p-1. The first kappa shape index (κ1) is 11.3. The van der Waals surface area contributed by atoms with E-state index in [1.54, 1.807) is 0 Å². The predicted molar refractivity (Wildman–Crippen MR) is 45.1 cm³/mol. The van der Waals surface area contributed by atoms with Crippen LogP contribution < -0.4 is 17.2 Å². The zero-order valence-electron chi connectivity index (χ0n) is 7.62. The highest BCUT2D eigenvalue weighted by atomic mass is 35.5. The summed E-state index contributed by atoms with van der Waals surface area (Å²) in [5.74, 6) is 0.903. The third-order valence-electron chi connectivity index (χ3n) is 1.12. The lowest BCUT2D eigenvalue weighted by molar-refractivity contribution is -1.03. The molecule has 12 heavy (non-hydrogen) atoms. The molecular weight excluding hydrogens is 174 g/mol. The number of benzene rings is 1. The molecule has 0 saturated carbocycles. The Hall–Kier alpha value is -0.730. The van der Waals surface area contributed by atoms with Crippen molar-refractivity contribution < 1.29 is 21.9 Å². The summed E-state index contributed by atoms with van der Waals surface area (Å²) >= 11 is 0. The fourth-order valence-electron chi connectivity index (χ4n) is 0.798. The van der Waals surface area contributed by atoms with Crippen LogP contribution in [0, 0.1) is 0 Å². The van der Waals surface area contributed by atoms with Gasteiger partial charge in [-0.15, -0.1) is 4.65 Å². The van der Waals surface area contributed by atoms with Crippen LogP contribution in [-0.4, -0.2) is 25.8 Å². The summed E-state index contributed by atoms with van der Waals surface area (Å²) in [6, 6.07) is 9.80. The van der Waals surface area contributed by atoms with E-state index in [4.69, 9.17) is 4.84 Å². The van der Waals surface area contributed by atoms with Crippen molar-refractivity contribution in [3.8, 4) is 5.75 Å². The smallest absolute Gasteiger partial charge is 0.190 e. The summed E-state index contributed by atoms with van der Waals surface area (Å²) in [7, 11) is 5.94. The van der Waals surface area contributed by atoms with E-state index in [1.165, 1.54) is 0 Å².